The number of aromatic amines is 1. The summed E-state index contributed by atoms with van der Waals surface area (Å²) < 4.78 is 5.57. The lowest BCUT2D eigenvalue weighted by atomic mass is 10.2. The SMILES string of the molecule is Oc1ccccc1OCc1cc2ccc(Cl)cc2[nH]1. The van der Waals surface area contributed by atoms with Crippen LogP contribution in [0.1, 0.15) is 5.69 Å². The second kappa shape index (κ2) is 4.86. The summed E-state index contributed by atoms with van der Waals surface area (Å²) in [6.45, 7) is 0.365. The van der Waals surface area contributed by atoms with Crippen molar-refractivity contribution in [1.82, 2.24) is 4.98 Å². The molecule has 3 aromatic rings. The molecule has 0 aliphatic carbocycles. The summed E-state index contributed by atoms with van der Waals surface area (Å²) in [5.74, 6) is 0.612. The highest BCUT2D eigenvalue weighted by molar-refractivity contribution is 6.31. The smallest absolute Gasteiger partial charge is 0.161 e. The van der Waals surface area contributed by atoms with Crippen LogP contribution in [0.3, 0.4) is 0 Å². The van der Waals surface area contributed by atoms with E-state index < -0.39 is 0 Å². The van der Waals surface area contributed by atoms with Crippen molar-refractivity contribution in [3.63, 3.8) is 0 Å². The molecule has 19 heavy (non-hydrogen) atoms. The first-order chi connectivity index (χ1) is 9.22. The molecule has 0 fully saturated rings. The van der Waals surface area contributed by atoms with Gasteiger partial charge in [0.15, 0.2) is 11.5 Å². The molecule has 0 spiro atoms. The Kier molecular flexibility index (Phi) is 3.05. The molecule has 2 N–H and O–H groups in total. The Bertz CT molecular complexity index is 721. The van der Waals surface area contributed by atoms with Gasteiger partial charge in [-0.15, -0.1) is 0 Å². The number of aromatic hydroxyl groups is 1. The number of H-pyrrole nitrogens is 1. The fraction of sp³-hybridized carbons (Fsp3) is 0.0667. The van der Waals surface area contributed by atoms with Gasteiger partial charge in [-0.1, -0.05) is 29.8 Å². The maximum absolute atomic E-state index is 9.61. The molecule has 3 nitrogen and oxygen atoms in total. The van der Waals surface area contributed by atoms with Crippen molar-refractivity contribution in [2.24, 2.45) is 0 Å². The zero-order chi connectivity index (χ0) is 13.2. The number of nitrogens with one attached hydrogen (secondary N) is 1. The van der Waals surface area contributed by atoms with Gasteiger partial charge in [-0.2, -0.15) is 0 Å². The monoisotopic (exact) mass is 273 g/mol. The van der Waals surface area contributed by atoms with Gasteiger partial charge in [0.1, 0.15) is 6.61 Å². The number of hydrogen-bond acceptors (Lipinski definition) is 2. The van der Waals surface area contributed by atoms with E-state index in [1.54, 1.807) is 18.2 Å². The Balaban J connectivity index is 1.80. The highest BCUT2D eigenvalue weighted by atomic mass is 35.5. The average Bonchev–Trinajstić information content (AvgIpc) is 2.79. The Morgan fingerprint density at radius 2 is 1.95 bits per heavy atom. The van der Waals surface area contributed by atoms with Crippen LogP contribution in [0.5, 0.6) is 11.5 Å². The van der Waals surface area contributed by atoms with E-state index in [4.69, 9.17) is 16.3 Å². The maximum atomic E-state index is 9.61. The number of rotatable bonds is 3. The predicted octanol–water partition coefficient (Wildman–Crippen LogP) is 4.11. The number of ether oxygens (including phenoxy) is 1. The summed E-state index contributed by atoms with van der Waals surface area (Å²) in [6, 6.07) is 14.6. The highest BCUT2D eigenvalue weighted by Crippen LogP contribution is 2.26. The van der Waals surface area contributed by atoms with Crippen molar-refractivity contribution in [2.75, 3.05) is 0 Å². The van der Waals surface area contributed by atoms with Gasteiger partial charge >= 0.3 is 0 Å². The third kappa shape index (κ3) is 2.51. The number of fused-ring (bicyclic) bond motifs is 1. The molecule has 1 heterocycles. The predicted molar refractivity (Wildman–Crippen MR) is 75.7 cm³/mol. The molecular formula is C15H12ClNO2. The van der Waals surface area contributed by atoms with Crippen LogP contribution in [0.4, 0.5) is 0 Å². The molecule has 0 aliphatic rings. The van der Waals surface area contributed by atoms with E-state index in [1.165, 1.54) is 0 Å². The van der Waals surface area contributed by atoms with Crippen LogP contribution in [-0.4, -0.2) is 10.1 Å². The lowest BCUT2D eigenvalue weighted by molar-refractivity contribution is 0.286. The van der Waals surface area contributed by atoms with Crippen LogP contribution in [0.25, 0.3) is 10.9 Å². The number of benzene rings is 2. The fourth-order valence-electron chi connectivity index (χ4n) is 1.97. The van der Waals surface area contributed by atoms with E-state index >= 15 is 0 Å². The van der Waals surface area contributed by atoms with E-state index in [2.05, 4.69) is 4.98 Å². The summed E-state index contributed by atoms with van der Waals surface area (Å²) in [7, 11) is 0. The molecule has 4 heteroatoms. The van der Waals surface area contributed by atoms with E-state index in [0.29, 0.717) is 17.4 Å². The standard InChI is InChI=1S/C15H12ClNO2/c16-11-6-5-10-7-12(17-13(10)8-11)9-19-15-4-2-1-3-14(15)18/h1-8,17-18H,9H2. The Morgan fingerprint density at radius 1 is 1.11 bits per heavy atom. The van der Waals surface area contributed by atoms with Gasteiger partial charge in [0.25, 0.3) is 0 Å². The molecular weight excluding hydrogens is 262 g/mol. The molecule has 96 valence electrons. The fourth-order valence-corrected chi connectivity index (χ4v) is 2.14. The van der Waals surface area contributed by atoms with E-state index in [9.17, 15) is 5.11 Å². The highest BCUT2D eigenvalue weighted by Gasteiger charge is 2.04. The summed E-state index contributed by atoms with van der Waals surface area (Å²) >= 11 is 5.94. The quantitative estimate of drug-likeness (QED) is 0.754. The minimum absolute atomic E-state index is 0.140. The molecule has 1 aromatic heterocycles. The summed E-state index contributed by atoms with van der Waals surface area (Å²) in [6.07, 6.45) is 0. The Hall–Kier alpha value is -2.13. The van der Waals surface area contributed by atoms with Crippen LogP contribution >= 0.6 is 11.6 Å². The second-order valence-electron chi connectivity index (χ2n) is 4.28. The number of phenols is 1. The molecule has 0 bridgehead atoms. The summed E-state index contributed by atoms with van der Waals surface area (Å²) in [5, 5.41) is 11.4. The number of aromatic nitrogens is 1. The van der Waals surface area contributed by atoms with Crippen LogP contribution in [0.15, 0.2) is 48.5 Å². The molecule has 0 radical (unpaired) electrons. The van der Waals surface area contributed by atoms with Gasteiger partial charge in [-0.25, -0.2) is 0 Å². The third-order valence-electron chi connectivity index (χ3n) is 2.89. The van der Waals surface area contributed by atoms with Gasteiger partial charge in [-0.05, 0) is 35.7 Å². The lowest BCUT2D eigenvalue weighted by Crippen LogP contribution is -1.95. The molecule has 0 aliphatic heterocycles. The van der Waals surface area contributed by atoms with Crippen molar-refractivity contribution in [1.29, 1.82) is 0 Å². The summed E-state index contributed by atoms with van der Waals surface area (Å²) in [5.41, 5.74) is 1.91. The van der Waals surface area contributed by atoms with Crippen LogP contribution < -0.4 is 4.74 Å². The first-order valence-electron chi connectivity index (χ1n) is 5.90. The first kappa shape index (κ1) is 11.9. The minimum atomic E-state index is 0.140. The van der Waals surface area contributed by atoms with Gasteiger partial charge in [0.2, 0.25) is 0 Å². The maximum Gasteiger partial charge on any atom is 0.161 e. The van der Waals surface area contributed by atoms with Gasteiger partial charge < -0.3 is 14.8 Å². The van der Waals surface area contributed by atoms with Gasteiger partial charge in [-0.3, -0.25) is 0 Å². The van der Waals surface area contributed by atoms with E-state index in [-0.39, 0.29) is 5.75 Å². The van der Waals surface area contributed by atoms with Crippen LogP contribution in [0.2, 0.25) is 5.02 Å². The van der Waals surface area contributed by atoms with Crippen molar-refractivity contribution in [2.45, 2.75) is 6.61 Å². The molecule has 2 aromatic carbocycles. The van der Waals surface area contributed by atoms with Crippen molar-refractivity contribution in [3.05, 3.63) is 59.2 Å². The number of para-hydroxylation sites is 2. The van der Waals surface area contributed by atoms with E-state index in [0.717, 1.165) is 16.6 Å². The van der Waals surface area contributed by atoms with Crippen LogP contribution in [-0.2, 0) is 6.61 Å². The molecule has 0 saturated heterocycles. The largest absolute Gasteiger partial charge is 0.504 e. The minimum Gasteiger partial charge on any atom is -0.504 e. The molecule has 0 atom stereocenters. The number of phenolic OH excluding ortho intramolecular Hbond substituents is 1. The average molecular weight is 274 g/mol. The van der Waals surface area contributed by atoms with Gasteiger partial charge in [0.05, 0.1) is 5.69 Å². The van der Waals surface area contributed by atoms with Crippen LogP contribution in [0, 0.1) is 0 Å². The Labute approximate surface area is 115 Å². The van der Waals surface area contributed by atoms with Crippen molar-refractivity contribution in [3.8, 4) is 11.5 Å². The van der Waals surface area contributed by atoms with Gasteiger partial charge in [0, 0.05) is 10.5 Å². The third-order valence-corrected chi connectivity index (χ3v) is 3.12. The molecule has 3 rings (SSSR count). The molecule has 0 saturated carbocycles. The topological polar surface area (TPSA) is 45.2 Å². The summed E-state index contributed by atoms with van der Waals surface area (Å²) in [4.78, 5) is 3.24. The number of halogens is 1. The number of hydrogen-bond donors (Lipinski definition) is 2. The lowest BCUT2D eigenvalue weighted by Gasteiger charge is -2.05. The van der Waals surface area contributed by atoms with Crippen molar-refractivity contribution < 1.29 is 9.84 Å². The Morgan fingerprint density at radius 3 is 2.79 bits per heavy atom. The zero-order valence-corrected chi connectivity index (χ0v) is 10.8. The normalized spacial score (nSPS) is 10.8. The second-order valence-corrected chi connectivity index (χ2v) is 4.72. The van der Waals surface area contributed by atoms with Crippen molar-refractivity contribution >= 4 is 22.5 Å². The zero-order valence-electron chi connectivity index (χ0n) is 10.1. The first-order valence-corrected chi connectivity index (χ1v) is 6.28. The molecule has 0 unspecified atom stereocenters. The van der Waals surface area contributed by atoms with E-state index in [1.807, 2.05) is 30.3 Å². The molecule has 0 amide bonds.